The predicted molar refractivity (Wildman–Crippen MR) is 206 cm³/mol. The van der Waals surface area contributed by atoms with Gasteiger partial charge < -0.3 is 25.8 Å². The Morgan fingerprint density at radius 2 is 1.44 bits per heavy atom. The summed E-state index contributed by atoms with van der Waals surface area (Å²) >= 11 is 0. The van der Waals surface area contributed by atoms with E-state index in [-0.39, 0.29) is 54.0 Å². The minimum absolute atomic E-state index is 0.0558. The lowest BCUT2D eigenvalue weighted by Crippen LogP contribution is -2.52. The lowest BCUT2D eigenvalue weighted by Gasteiger charge is -2.30. The van der Waals surface area contributed by atoms with Gasteiger partial charge in [0.1, 0.15) is 19.3 Å². The van der Waals surface area contributed by atoms with Crippen LogP contribution in [0.1, 0.15) is 88.8 Å². The lowest BCUT2D eigenvalue weighted by molar-refractivity contribution is -0.147. The van der Waals surface area contributed by atoms with Gasteiger partial charge >= 0.3 is 18.1 Å². The average molecular weight is 738 g/mol. The normalized spacial score (nSPS) is 15.2. The first-order valence-electron chi connectivity index (χ1n) is 18.5. The van der Waals surface area contributed by atoms with Crippen LogP contribution in [0.25, 0.3) is 11.1 Å². The van der Waals surface area contributed by atoms with E-state index in [1.165, 1.54) is 0 Å². The third-order valence-electron chi connectivity index (χ3n) is 9.54. The molecule has 0 unspecified atom stereocenters. The molecule has 3 amide bonds. The van der Waals surface area contributed by atoms with Crippen LogP contribution in [0.5, 0.6) is 0 Å². The number of fused-ring (bicyclic) bond motifs is 3. The van der Waals surface area contributed by atoms with E-state index in [1.54, 1.807) is 24.3 Å². The number of anilines is 1. The molecule has 5 rings (SSSR count). The summed E-state index contributed by atoms with van der Waals surface area (Å²) in [6.07, 6.45) is 1.82. The summed E-state index contributed by atoms with van der Waals surface area (Å²) in [4.78, 5) is 64.5. The molecule has 0 aromatic heterocycles. The van der Waals surface area contributed by atoms with Gasteiger partial charge in [-0.1, -0.05) is 88.4 Å². The van der Waals surface area contributed by atoms with E-state index in [9.17, 15) is 24.0 Å². The summed E-state index contributed by atoms with van der Waals surface area (Å²) in [6.45, 7) is 8.37. The second-order valence-electron chi connectivity index (χ2n) is 15.1. The number of hydrogen-bond donors (Lipinski definition) is 5. The molecule has 2 aliphatic carbocycles. The maximum absolute atomic E-state index is 13.1. The maximum atomic E-state index is 13.1. The van der Waals surface area contributed by atoms with Crippen molar-refractivity contribution in [3.05, 3.63) is 101 Å². The fourth-order valence-electron chi connectivity index (χ4n) is 7.02. The molecule has 2 aliphatic rings. The molecule has 54 heavy (non-hydrogen) atoms. The molecular formula is C42H51N5O7. The molecule has 0 radical (unpaired) electrons. The highest BCUT2D eigenvalue weighted by Gasteiger charge is 2.37. The number of nitrogens with two attached hydrogens (primary N) is 1. The number of allylic oxidation sites excluding steroid dienone is 2. The van der Waals surface area contributed by atoms with Crippen molar-refractivity contribution >= 4 is 35.3 Å². The number of Topliss-reactive ketones (excluding diaryl/α,β-unsaturated/α-hetero) is 2. The van der Waals surface area contributed by atoms with Crippen molar-refractivity contribution in [3.8, 4) is 11.1 Å². The summed E-state index contributed by atoms with van der Waals surface area (Å²) < 4.78 is 11.0. The Morgan fingerprint density at radius 3 is 2.04 bits per heavy atom. The molecule has 0 heterocycles. The van der Waals surface area contributed by atoms with Crippen LogP contribution >= 0.6 is 0 Å². The molecule has 12 nitrogen and oxygen atoms in total. The van der Waals surface area contributed by atoms with Gasteiger partial charge in [-0.2, -0.15) is 0 Å². The van der Waals surface area contributed by atoms with Crippen molar-refractivity contribution in [2.75, 3.05) is 18.5 Å². The second-order valence-corrected chi connectivity index (χ2v) is 15.1. The van der Waals surface area contributed by atoms with Crippen molar-refractivity contribution in [2.45, 2.75) is 84.8 Å². The van der Waals surface area contributed by atoms with Crippen LogP contribution in [-0.4, -0.2) is 48.9 Å². The van der Waals surface area contributed by atoms with Crippen molar-refractivity contribution in [2.24, 2.45) is 17.1 Å². The maximum Gasteiger partial charge on any atom is 0.426 e. The number of unbranched alkanes of at least 4 members (excludes halogenated alkanes) is 1. The van der Waals surface area contributed by atoms with Crippen molar-refractivity contribution in [1.82, 2.24) is 16.2 Å². The number of ketones is 2. The van der Waals surface area contributed by atoms with E-state index in [0.29, 0.717) is 55.6 Å². The number of esters is 1. The number of nitrogens with one attached hydrogen (secondary N) is 4. The van der Waals surface area contributed by atoms with E-state index < -0.39 is 24.1 Å². The first kappa shape index (κ1) is 39.7. The highest BCUT2D eigenvalue weighted by molar-refractivity contribution is 6.23. The van der Waals surface area contributed by atoms with Crippen LogP contribution in [0.2, 0.25) is 0 Å². The SMILES string of the molecule is CC(C)CC(Nc1ccc(COC(=O)[C@H](CCCCN)NC(=O)NNC(=O)OCC2c3ccccc3-c3ccccc32)cc1)=C1C(=O)CC(C)(C)CC1=O. The Labute approximate surface area is 316 Å². The topological polar surface area (TPSA) is 178 Å². The third kappa shape index (κ3) is 10.3. The fraction of sp³-hybridized carbons (Fsp3) is 0.405. The summed E-state index contributed by atoms with van der Waals surface area (Å²) in [7, 11) is 0. The molecule has 1 saturated carbocycles. The fourth-order valence-corrected chi connectivity index (χ4v) is 7.02. The Morgan fingerprint density at radius 1 is 0.833 bits per heavy atom. The zero-order chi connectivity index (χ0) is 38.8. The molecular weight excluding hydrogens is 686 g/mol. The van der Waals surface area contributed by atoms with Crippen LogP contribution in [0.15, 0.2) is 84.1 Å². The van der Waals surface area contributed by atoms with Crippen LogP contribution in [0, 0.1) is 11.3 Å². The van der Waals surface area contributed by atoms with Gasteiger partial charge in [-0.25, -0.2) is 25.2 Å². The Hall–Kier alpha value is -5.49. The molecule has 0 spiro atoms. The van der Waals surface area contributed by atoms with Crippen molar-refractivity contribution in [3.63, 3.8) is 0 Å². The molecule has 1 atom stereocenters. The van der Waals surface area contributed by atoms with E-state index in [2.05, 4.69) is 21.5 Å². The highest BCUT2D eigenvalue weighted by atomic mass is 16.6. The summed E-state index contributed by atoms with van der Waals surface area (Å²) in [5.41, 5.74) is 16.4. The number of carbonyl (C=O) groups is 5. The number of amides is 3. The van der Waals surface area contributed by atoms with Crippen LogP contribution in [-0.2, 0) is 30.5 Å². The number of urea groups is 1. The van der Waals surface area contributed by atoms with Crippen LogP contribution in [0.4, 0.5) is 15.3 Å². The Kier molecular flexibility index (Phi) is 13.3. The highest BCUT2D eigenvalue weighted by Crippen LogP contribution is 2.44. The average Bonchev–Trinajstić information content (AvgIpc) is 3.44. The number of hydrogen-bond acceptors (Lipinski definition) is 9. The molecule has 0 saturated heterocycles. The molecule has 286 valence electrons. The minimum atomic E-state index is -0.998. The Balaban J connectivity index is 1.12. The van der Waals surface area contributed by atoms with Crippen molar-refractivity contribution in [1.29, 1.82) is 0 Å². The number of hydrazine groups is 1. The predicted octanol–water partition coefficient (Wildman–Crippen LogP) is 6.65. The number of benzene rings is 3. The zero-order valence-corrected chi connectivity index (χ0v) is 31.5. The summed E-state index contributed by atoms with van der Waals surface area (Å²) in [5.74, 6) is -0.854. The minimum Gasteiger partial charge on any atom is -0.459 e. The molecule has 3 aromatic carbocycles. The number of rotatable bonds is 14. The number of ether oxygens (including phenoxy) is 2. The quantitative estimate of drug-likeness (QED) is 0.0398. The van der Waals surface area contributed by atoms with Gasteiger partial charge in [0, 0.05) is 30.1 Å². The molecule has 0 bridgehead atoms. The lowest BCUT2D eigenvalue weighted by atomic mass is 9.73. The molecule has 6 N–H and O–H groups in total. The van der Waals surface area contributed by atoms with E-state index in [4.69, 9.17) is 15.2 Å². The standard InChI is InChI=1S/C42H51N5O7/c1-26(2)21-35(38-36(48)22-42(3,4)23-37(38)49)44-28-18-16-27(17-19-28)24-53-39(50)34(15-9-10-20-43)45-40(51)46-47-41(52)54-25-33-31-13-7-5-11-29(31)30-12-6-8-14-32(30)33/h5-8,11-14,16-19,26,33-34,44H,9-10,15,20-25,43H2,1-4H3,(H,47,52)(H2,45,46,51)/t34-/m0/s1. The molecule has 1 fully saturated rings. The molecule has 3 aromatic rings. The second kappa shape index (κ2) is 18.0. The monoisotopic (exact) mass is 737 g/mol. The Bertz CT molecular complexity index is 1820. The first-order chi connectivity index (χ1) is 25.8. The molecule has 0 aliphatic heterocycles. The third-order valence-corrected chi connectivity index (χ3v) is 9.54. The van der Waals surface area contributed by atoms with E-state index >= 15 is 0 Å². The number of carbonyl (C=O) groups excluding carboxylic acids is 5. The van der Waals surface area contributed by atoms with Gasteiger partial charge in [0.2, 0.25) is 0 Å². The summed E-state index contributed by atoms with van der Waals surface area (Å²) in [6, 6.07) is 21.3. The first-order valence-corrected chi connectivity index (χ1v) is 18.5. The zero-order valence-electron chi connectivity index (χ0n) is 31.5. The summed E-state index contributed by atoms with van der Waals surface area (Å²) in [5, 5.41) is 5.88. The van der Waals surface area contributed by atoms with Gasteiger partial charge in [0.05, 0.1) is 5.57 Å². The van der Waals surface area contributed by atoms with Gasteiger partial charge in [-0.15, -0.1) is 0 Å². The van der Waals surface area contributed by atoms with Gasteiger partial charge in [0.15, 0.2) is 11.6 Å². The van der Waals surface area contributed by atoms with Gasteiger partial charge in [0.25, 0.3) is 0 Å². The van der Waals surface area contributed by atoms with Crippen LogP contribution < -0.4 is 27.2 Å². The van der Waals surface area contributed by atoms with Crippen molar-refractivity contribution < 1.29 is 33.4 Å². The van der Waals surface area contributed by atoms with Gasteiger partial charge in [-0.05, 0) is 83.5 Å². The molecule has 12 heteroatoms. The van der Waals surface area contributed by atoms with Gasteiger partial charge in [-0.3, -0.25) is 9.59 Å². The largest absolute Gasteiger partial charge is 0.459 e. The smallest absolute Gasteiger partial charge is 0.426 e. The van der Waals surface area contributed by atoms with E-state index in [0.717, 1.165) is 22.3 Å². The van der Waals surface area contributed by atoms with Crippen LogP contribution in [0.3, 0.4) is 0 Å². The van der Waals surface area contributed by atoms with E-state index in [1.807, 2.05) is 76.2 Å².